The Hall–Kier alpha value is -1.82. The average Bonchev–Trinajstić information content (AvgIpc) is 2.84. The van der Waals surface area contributed by atoms with Gasteiger partial charge >= 0.3 is 0 Å². The first-order valence-corrected chi connectivity index (χ1v) is 6.38. The van der Waals surface area contributed by atoms with Gasteiger partial charge in [0.2, 0.25) is 0 Å². The van der Waals surface area contributed by atoms with Gasteiger partial charge in [0.05, 0.1) is 5.69 Å². The molecule has 2 rings (SSSR count). The topological polar surface area (TPSA) is 29.9 Å². The van der Waals surface area contributed by atoms with Gasteiger partial charge in [-0.2, -0.15) is 5.10 Å². The van der Waals surface area contributed by atoms with E-state index >= 15 is 0 Å². The van der Waals surface area contributed by atoms with Gasteiger partial charge < -0.3 is 5.32 Å². The van der Waals surface area contributed by atoms with E-state index in [4.69, 9.17) is 0 Å². The number of nitrogens with one attached hydrogen (secondary N) is 1. The first-order valence-electron chi connectivity index (χ1n) is 6.38. The lowest BCUT2D eigenvalue weighted by Crippen LogP contribution is -2.19. The summed E-state index contributed by atoms with van der Waals surface area (Å²) in [6.45, 7) is 5.55. The summed E-state index contributed by atoms with van der Waals surface area (Å²) in [7, 11) is 0. The zero-order valence-electron chi connectivity index (χ0n) is 11.3. The lowest BCUT2D eigenvalue weighted by molar-refractivity contribution is 0.443. The summed E-state index contributed by atoms with van der Waals surface area (Å²) < 4.78 is 40.9. The fraction of sp³-hybridized carbons (Fsp3) is 0.357. The van der Waals surface area contributed by atoms with Gasteiger partial charge in [-0.15, -0.1) is 0 Å². The Labute approximate surface area is 115 Å². The van der Waals surface area contributed by atoms with Crippen LogP contribution in [0.15, 0.2) is 24.4 Å². The molecule has 0 saturated heterocycles. The average molecular weight is 283 g/mol. The van der Waals surface area contributed by atoms with Gasteiger partial charge in [0.15, 0.2) is 17.5 Å². The number of hydrogen-bond donors (Lipinski definition) is 1. The second-order valence-corrected chi connectivity index (χ2v) is 4.97. The second-order valence-electron chi connectivity index (χ2n) is 4.97. The Kier molecular flexibility index (Phi) is 4.44. The molecular weight excluding hydrogens is 267 g/mol. The molecule has 3 nitrogen and oxygen atoms in total. The molecule has 0 aliphatic carbocycles. The van der Waals surface area contributed by atoms with E-state index in [9.17, 15) is 13.2 Å². The quantitative estimate of drug-likeness (QED) is 0.855. The van der Waals surface area contributed by atoms with Crippen LogP contribution in [0.2, 0.25) is 0 Å². The first-order chi connectivity index (χ1) is 9.49. The second kappa shape index (κ2) is 6.09. The van der Waals surface area contributed by atoms with E-state index in [1.54, 1.807) is 6.07 Å². The number of rotatable bonds is 5. The number of benzene rings is 1. The van der Waals surface area contributed by atoms with Gasteiger partial charge in [-0.3, -0.25) is 0 Å². The molecule has 0 amide bonds. The van der Waals surface area contributed by atoms with E-state index in [0.29, 0.717) is 18.2 Å². The minimum absolute atomic E-state index is 0.112. The van der Waals surface area contributed by atoms with Gasteiger partial charge in [0, 0.05) is 12.7 Å². The Balaban J connectivity index is 2.15. The maximum atomic E-state index is 13.6. The van der Waals surface area contributed by atoms with Crippen molar-refractivity contribution in [3.8, 4) is 5.69 Å². The molecule has 1 aromatic heterocycles. The van der Waals surface area contributed by atoms with Crippen molar-refractivity contribution >= 4 is 0 Å². The largest absolute Gasteiger partial charge is 0.311 e. The van der Waals surface area contributed by atoms with Gasteiger partial charge in [0.25, 0.3) is 0 Å². The number of nitrogens with zero attached hydrogens (tertiary/aromatic N) is 2. The van der Waals surface area contributed by atoms with Crippen LogP contribution in [0, 0.1) is 23.4 Å². The summed E-state index contributed by atoms with van der Waals surface area (Å²) in [5.41, 5.74) is 0.591. The molecule has 1 N–H and O–H groups in total. The summed E-state index contributed by atoms with van der Waals surface area (Å²) in [5.74, 6) is -3.43. The van der Waals surface area contributed by atoms with E-state index in [2.05, 4.69) is 24.3 Å². The predicted molar refractivity (Wildman–Crippen MR) is 70.0 cm³/mol. The molecule has 6 heteroatoms. The molecule has 2 aromatic rings. The van der Waals surface area contributed by atoms with Crippen LogP contribution in [0.5, 0.6) is 0 Å². The molecule has 0 spiro atoms. The summed E-state index contributed by atoms with van der Waals surface area (Å²) in [6.07, 6.45) is 1.52. The molecule has 1 aromatic carbocycles. The highest BCUT2D eigenvalue weighted by Gasteiger charge is 2.15. The van der Waals surface area contributed by atoms with Crippen molar-refractivity contribution in [2.24, 2.45) is 5.92 Å². The SMILES string of the molecule is CC(C)CNCc1ccn(-c2ccc(F)c(F)c2F)n1. The van der Waals surface area contributed by atoms with Crippen molar-refractivity contribution in [2.75, 3.05) is 6.54 Å². The monoisotopic (exact) mass is 283 g/mol. The summed E-state index contributed by atoms with van der Waals surface area (Å²) in [4.78, 5) is 0. The Morgan fingerprint density at radius 1 is 1.15 bits per heavy atom. The summed E-state index contributed by atoms with van der Waals surface area (Å²) >= 11 is 0. The normalized spacial score (nSPS) is 11.3. The van der Waals surface area contributed by atoms with Gasteiger partial charge in [-0.1, -0.05) is 13.8 Å². The lowest BCUT2D eigenvalue weighted by atomic mass is 10.2. The molecule has 0 aliphatic rings. The van der Waals surface area contributed by atoms with Crippen molar-refractivity contribution in [3.63, 3.8) is 0 Å². The van der Waals surface area contributed by atoms with E-state index < -0.39 is 17.5 Å². The van der Waals surface area contributed by atoms with Crippen LogP contribution < -0.4 is 5.32 Å². The fourth-order valence-corrected chi connectivity index (χ4v) is 1.77. The predicted octanol–water partition coefficient (Wildman–Crippen LogP) is 3.04. The highest BCUT2D eigenvalue weighted by Crippen LogP contribution is 2.18. The molecule has 0 aliphatic heterocycles. The number of hydrogen-bond acceptors (Lipinski definition) is 2. The van der Waals surface area contributed by atoms with Crippen LogP contribution in [0.25, 0.3) is 5.69 Å². The maximum absolute atomic E-state index is 13.6. The summed E-state index contributed by atoms with van der Waals surface area (Å²) in [5, 5.41) is 7.33. The lowest BCUT2D eigenvalue weighted by Gasteiger charge is -2.06. The minimum atomic E-state index is -1.49. The van der Waals surface area contributed by atoms with Crippen LogP contribution in [-0.4, -0.2) is 16.3 Å². The molecule has 1 heterocycles. The number of halogens is 3. The highest BCUT2D eigenvalue weighted by molar-refractivity contribution is 5.34. The van der Waals surface area contributed by atoms with Crippen molar-refractivity contribution in [1.29, 1.82) is 0 Å². The Bertz CT molecular complexity index is 593. The third-order valence-corrected chi connectivity index (χ3v) is 2.76. The molecule has 20 heavy (non-hydrogen) atoms. The van der Waals surface area contributed by atoms with Crippen molar-refractivity contribution in [3.05, 3.63) is 47.5 Å². The fourth-order valence-electron chi connectivity index (χ4n) is 1.77. The van der Waals surface area contributed by atoms with E-state index in [1.165, 1.54) is 10.9 Å². The Morgan fingerprint density at radius 3 is 2.60 bits per heavy atom. The van der Waals surface area contributed by atoms with Crippen molar-refractivity contribution < 1.29 is 13.2 Å². The third kappa shape index (κ3) is 3.19. The minimum Gasteiger partial charge on any atom is -0.311 e. The highest BCUT2D eigenvalue weighted by atomic mass is 19.2. The molecule has 0 saturated carbocycles. The molecule has 0 radical (unpaired) electrons. The molecule has 0 unspecified atom stereocenters. The van der Waals surface area contributed by atoms with E-state index in [1.807, 2.05) is 0 Å². The maximum Gasteiger partial charge on any atom is 0.196 e. The Morgan fingerprint density at radius 2 is 1.90 bits per heavy atom. The molecule has 0 atom stereocenters. The standard InChI is InChI=1S/C14H16F3N3/c1-9(2)7-18-8-10-5-6-20(19-10)12-4-3-11(15)13(16)14(12)17/h3-6,9,18H,7-8H2,1-2H3. The van der Waals surface area contributed by atoms with Gasteiger partial charge in [-0.05, 0) is 30.7 Å². The molecule has 108 valence electrons. The first kappa shape index (κ1) is 14.6. The van der Waals surface area contributed by atoms with Gasteiger partial charge in [0.1, 0.15) is 5.69 Å². The smallest absolute Gasteiger partial charge is 0.196 e. The van der Waals surface area contributed by atoms with Crippen LogP contribution in [0.3, 0.4) is 0 Å². The van der Waals surface area contributed by atoms with E-state index in [0.717, 1.165) is 18.7 Å². The van der Waals surface area contributed by atoms with E-state index in [-0.39, 0.29) is 5.69 Å². The van der Waals surface area contributed by atoms with Gasteiger partial charge in [-0.25, -0.2) is 17.9 Å². The number of aromatic nitrogens is 2. The third-order valence-electron chi connectivity index (χ3n) is 2.76. The van der Waals surface area contributed by atoms with Crippen molar-refractivity contribution in [1.82, 2.24) is 15.1 Å². The zero-order valence-corrected chi connectivity index (χ0v) is 11.3. The van der Waals surface area contributed by atoms with Crippen LogP contribution in [-0.2, 0) is 6.54 Å². The van der Waals surface area contributed by atoms with Crippen LogP contribution >= 0.6 is 0 Å². The van der Waals surface area contributed by atoms with Crippen molar-refractivity contribution in [2.45, 2.75) is 20.4 Å². The van der Waals surface area contributed by atoms with Crippen LogP contribution in [0.4, 0.5) is 13.2 Å². The molecular formula is C14H16F3N3. The molecule has 0 bridgehead atoms. The van der Waals surface area contributed by atoms with Crippen LogP contribution in [0.1, 0.15) is 19.5 Å². The summed E-state index contributed by atoms with van der Waals surface area (Å²) in [6, 6.07) is 3.74. The zero-order chi connectivity index (χ0) is 14.7. The molecule has 0 fully saturated rings.